The number of nitrogens with one attached hydrogen (secondary N) is 1. The first-order valence-corrected chi connectivity index (χ1v) is 8.42. The van der Waals surface area contributed by atoms with Crippen molar-refractivity contribution in [3.63, 3.8) is 0 Å². The number of ether oxygens (including phenoxy) is 1. The fourth-order valence-electron chi connectivity index (χ4n) is 2.91. The Morgan fingerprint density at radius 1 is 1.21 bits per heavy atom. The molecule has 0 spiro atoms. The van der Waals surface area contributed by atoms with E-state index in [0.29, 0.717) is 0 Å². The topological polar surface area (TPSA) is 37.4 Å². The van der Waals surface area contributed by atoms with Crippen LogP contribution in [-0.2, 0) is 17.8 Å². The quantitative estimate of drug-likeness (QED) is 0.884. The number of morpholine rings is 1. The van der Waals surface area contributed by atoms with Gasteiger partial charge in [0.25, 0.3) is 0 Å². The van der Waals surface area contributed by atoms with E-state index in [9.17, 15) is 4.39 Å². The fourth-order valence-corrected chi connectivity index (χ4v) is 2.91. The Morgan fingerprint density at radius 2 is 2.00 bits per heavy atom. The number of benzene rings is 1. The number of pyridine rings is 1. The number of aromatic nitrogens is 1. The van der Waals surface area contributed by atoms with Crippen molar-refractivity contribution in [3.05, 3.63) is 65.2 Å². The molecule has 128 valence electrons. The molecule has 1 aromatic carbocycles. The lowest BCUT2D eigenvalue weighted by molar-refractivity contribution is 0.0342. The van der Waals surface area contributed by atoms with Gasteiger partial charge in [-0.05, 0) is 29.7 Å². The molecular weight excluding hydrogens is 305 g/mol. The van der Waals surface area contributed by atoms with Crippen molar-refractivity contribution in [2.75, 3.05) is 26.3 Å². The molecule has 1 saturated heterocycles. The van der Waals surface area contributed by atoms with Gasteiger partial charge < -0.3 is 10.1 Å². The summed E-state index contributed by atoms with van der Waals surface area (Å²) < 4.78 is 18.7. The summed E-state index contributed by atoms with van der Waals surface area (Å²) in [4.78, 5) is 6.32. The summed E-state index contributed by atoms with van der Waals surface area (Å²) in [7, 11) is 0. The molecule has 4 nitrogen and oxygen atoms in total. The predicted molar refractivity (Wildman–Crippen MR) is 92.0 cm³/mol. The van der Waals surface area contributed by atoms with E-state index in [1.54, 1.807) is 6.20 Å². The van der Waals surface area contributed by atoms with Gasteiger partial charge in [-0.3, -0.25) is 9.88 Å². The third-order valence-electron chi connectivity index (χ3n) is 4.34. The molecule has 1 aliphatic rings. The Morgan fingerprint density at radius 3 is 2.79 bits per heavy atom. The van der Waals surface area contributed by atoms with Gasteiger partial charge in [0.2, 0.25) is 0 Å². The molecule has 0 saturated carbocycles. The lowest BCUT2D eigenvalue weighted by Crippen LogP contribution is -2.35. The van der Waals surface area contributed by atoms with Gasteiger partial charge in [0.05, 0.1) is 19.4 Å². The number of halogens is 1. The van der Waals surface area contributed by atoms with E-state index in [2.05, 4.69) is 39.5 Å². The molecular formula is C19H24FN3O. The molecule has 0 radical (unpaired) electrons. The molecule has 1 fully saturated rings. The van der Waals surface area contributed by atoms with Crippen molar-refractivity contribution in [2.45, 2.75) is 26.1 Å². The van der Waals surface area contributed by atoms with Crippen molar-refractivity contribution in [1.82, 2.24) is 15.2 Å². The monoisotopic (exact) mass is 329 g/mol. The van der Waals surface area contributed by atoms with Crippen LogP contribution in [0.3, 0.4) is 0 Å². The molecule has 3 rings (SSSR count). The average Bonchev–Trinajstić information content (AvgIpc) is 2.61. The van der Waals surface area contributed by atoms with Crippen LogP contribution < -0.4 is 5.32 Å². The molecule has 5 heteroatoms. The van der Waals surface area contributed by atoms with Crippen LogP contribution in [-0.4, -0.2) is 36.2 Å². The minimum Gasteiger partial charge on any atom is -0.379 e. The largest absolute Gasteiger partial charge is 0.379 e. The Labute approximate surface area is 142 Å². The average molecular weight is 329 g/mol. The van der Waals surface area contributed by atoms with Gasteiger partial charge in [-0.2, -0.15) is 0 Å². The maximum Gasteiger partial charge on any atom is 0.141 e. The van der Waals surface area contributed by atoms with E-state index in [1.807, 2.05) is 6.92 Å². The Bertz CT molecular complexity index is 659. The van der Waals surface area contributed by atoms with Crippen molar-refractivity contribution in [2.24, 2.45) is 0 Å². The number of nitrogens with zero attached hydrogens (tertiary/aromatic N) is 2. The molecule has 2 heterocycles. The first-order valence-electron chi connectivity index (χ1n) is 8.42. The third-order valence-corrected chi connectivity index (χ3v) is 4.34. The smallest absolute Gasteiger partial charge is 0.141 e. The standard InChI is InChI=1S/C19H24FN3O/c1-15(18-10-19(20)13-21-12-18)22-11-16-3-2-4-17(9-16)14-23-5-7-24-8-6-23/h2-4,9-10,12-13,15,22H,5-8,11,14H2,1H3. The first-order chi connectivity index (χ1) is 11.7. The minimum absolute atomic E-state index is 0.0519. The van der Waals surface area contributed by atoms with Crippen LogP contribution in [0.1, 0.15) is 29.7 Å². The van der Waals surface area contributed by atoms with Gasteiger partial charge in [0, 0.05) is 38.4 Å². The van der Waals surface area contributed by atoms with Crippen molar-refractivity contribution < 1.29 is 9.13 Å². The molecule has 2 aromatic rings. The maximum absolute atomic E-state index is 13.3. The predicted octanol–water partition coefficient (Wildman–Crippen LogP) is 2.90. The van der Waals surface area contributed by atoms with E-state index in [4.69, 9.17) is 4.74 Å². The van der Waals surface area contributed by atoms with Gasteiger partial charge >= 0.3 is 0 Å². The Hall–Kier alpha value is -1.82. The van der Waals surface area contributed by atoms with Crippen LogP contribution in [0.2, 0.25) is 0 Å². The minimum atomic E-state index is -0.298. The third kappa shape index (κ3) is 4.84. The Balaban J connectivity index is 1.56. The van der Waals surface area contributed by atoms with Gasteiger partial charge in [0.15, 0.2) is 0 Å². The number of rotatable bonds is 6. The summed E-state index contributed by atoms with van der Waals surface area (Å²) >= 11 is 0. The molecule has 0 amide bonds. The Kier molecular flexibility index (Phi) is 5.91. The SMILES string of the molecule is CC(NCc1cccc(CN2CCOCC2)c1)c1cncc(F)c1. The summed E-state index contributed by atoms with van der Waals surface area (Å²) in [6, 6.07) is 10.2. The van der Waals surface area contributed by atoms with Crippen LogP contribution in [0, 0.1) is 5.82 Å². The summed E-state index contributed by atoms with van der Waals surface area (Å²) in [5, 5.41) is 3.43. The van der Waals surface area contributed by atoms with E-state index >= 15 is 0 Å². The highest BCUT2D eigenvalue weighted by atomic mass is 19.1. The van der Waals surface area contributed by atoms with Crippen LogP contribution in [0.5, 0.6) is 0 Å². The zero-order valence-electron chi connectivity index (χ0n) is 14.0. The first kappa shape index (κ1) is 17.0. The second kappa shape index (κ2) is 8.33. The van der Waals surface area contributed by atoms with E-state index in [-0.39, 0.29) is 11.9 Å². The van der Waals surface area contributed by atoms with E-state index in [0.717, 1.165) is 45.0 Å². The fraction of sp³-hybridized carbons (Fsp3) is 0.421. The lowest BCUT2D eigenvalue weighted by Gasteiger charge is -2.26. The van der Waals surface area contributed by atoms with Crippen LogP contribution in [0.15, 0.2) is 42.7 Å². The summed E-state index contributed by atoms with van der Waals surface area (Å²) in [5.74, 6) is -0.298. The highest BCUT2D eigenvalue weighted by Gasteiger charge is 2.11. The summed E-state index contributed by atoms with van der Waals surface area (Å²) in [6.07, 6.45) is 2.93. The maximum atomic E-state index is 13.3. The second-order valence-electron chi connectivity index (χ2n) is 6.25. The molecule has 24 heavy (non-hydrogen) atoms. The van der Waals surface area contributed by atoms with Gasteiger partial charge in [0.1, 0.15) is 5.82 Å². The highest BCUT2D eigenvalue weighted by molar-refractivity contribution is 5.24. The molecule has 1 unspecified atom stereocenters. The highest BCUT2D eigenvalue weighted by Crippen LogP contribution is 2.14. The molecule has 1 atom stereocenters. The van der Waals surface area contributed by atoms with Gasteiger partial charge in [-0.25, -0.2) is 4.39 Å². The van der Waals surface area contributed by atoms with Crippen LogP contribution in [0.4, 0.5) is 4.39 Å². The van der Waals surface area contributed by atoms with Crippen molar-refractivity contribution >= 4 is 0 Å². The molecule has 1 N–H and O–H groups in total. The van der Waals surface area contributed by atoms with Crippen LogP contribution in [0.25, 0.3) is 0 Å². The zero-order chi connectivity index (χ0) is 16.8. The summed E-state index contributed by atoms with van der Waals surface area (Å²) in [6.45, 7) is 7.35. The second-order valence-corrected chi connectivity index (χ2v) is 6.25. The normalized spacial score (nSPS) is 16.9. The van der Waals surface area contributed by atoms with Crippen molar-refractivity contribution in [3.8, 4) is 0 Å². The number of hydrogen-bond acceptors (Lipinski definition) is 4. The van der Waals surface area contributed by atoms with Gasteiger partial charge in [-0.1, -0.05) is 24.3 Å². The molecule has 0 bridgehead atoms. The zero-order valence-corrected chi connectivity index (χ0v) is 14.0. The summed E-state index contributed by atoms with van der Waals surface area (Å²) in [5.41, 5.74) is 3.41. The molecule has 1 aliphatic heterocycles. The van der Waals surface area contributed by atoms with Crippen molar-refractivity contribution in [1.29, 1.82) is 0 Å². The van der Waals surface area contributed by atoms with Crippen LogP contribution >= 0.6 is 0 Å². The number of hydrogen-bond donors (Lipinski definition) is 1. The van der Waals surface area contributed by atoms with E-state index < -0.39 is 0 Å². The van der Waals surface area contributed by atoms with Gasteiger partial charge in [-0.15, -0.1) is 0 Å². The lowest BCUT2D eigenvalue weighted by atomic mass is 10.1. The van der Waals surface area contributed by atoms with E-state index in [1.165, 1.54) is 23.4 Å². The molecule has 1 aromatic heterocycles. The molecule has 0 aliphatic carbocycles.